The fourth-order valence-corrected chi connectivity index (χ4v) is 2.80. The average molecular weight is 276 g/mol. The molecule has 1 atom stereocenters. The van der Waals surface area contributed by atoms with Gasteiger partial charge in [0.25, 0.3) is 0 Å². The minimum atomic E-state index is 0.453. The van der Waals surface area contributed by atoms with E-state index in [0.29, 0.717) is 10.7 Å². The lowest BCUT2D eigenvalue weighted by molar-refractivity contribution is 0.487. The van der Waals surface area contributed by atoms with E-state index in [-0.39, 0.29) is 0 Å². The van der Waals surface area contributed by atoms with E-state index in [9.17, 15) is 0 Å². The molecule has 0 spiro atoms. The van der Waals surface area contributed by atoms with Crippen molar-refractivity contribution in [3.05, 3.63) is 34.9 Å². The first kappa shape index (κ1) is 12.1. The van der Waals surface area contributed by atoms with Crippen LogP contribution in [0.25, 0.3) is 0 Å². The van der Waals surface area contributed by atoms with Gasteiger partial charge in [0.1, 0.15) is 0 Å². The minimum absolute atomic E-state index is 0.453. The van der Waals surface area contributed by atoms with E-state index in [2.05, 4.69) is 41.9 Å². The highest BCUT2D eigenvalue weighted by atomic mass is 79.9. The molecule has 0 heterocycles. The molecule has 2 heteroatoms. The van der Waals surface area contributed by atoms with Crippen LogP contribution in [0.1, 0.15) is 37.1 Å². The Morgan fingerprint density at radius 2 is 1.64 bits per heavy atom. The van der Waals surface area contributed by atoms with Gasteiger partial charge in [-0.25, -0.2) is 0 Å². The van der Waals surface area contributed by atoms with Gasteiger partial charge in [0.05, 0.1) is 0 Å². The molecular weight excluding hydrogens is 259 g/mol. The molecule has 0 aromatic heterocycles. The van der Waals surface area contributed by atoms with E-state index >= 15 is 0 Å². The predicted molar refractivity (Wildman–Crippen MR) is 67.2 cm³/mol. The van der Waals surface area contributed by atoms with Gasteiger partial charge in [0.2, 0.25) is 0 Å². The van der Waals surface area contributed by atoms with Crippen molar-refractivity contribution >= 4 is 27.5 Å². The van der Waals surface area contributed by atoms with Gasteiger partial charge in [-0.2, -0.15) is 0 Å². The number of benzene rings is 1. The van der Waals surface area contributed by atoms with Gasteiger partial charge in [0, 0.05) is 9.85 Å². The number of halogens is 2. The van der Waals surface area contributed by atoms with Crippen molar-refractivity contribution in [1.29, 1.82) is 0 Å². The summed E-state index contributed by atoms with van der Waals surface area (Å²) < 4.78 is 0. The Labute approximate surface area is 99.8 Å². The molecule has 0 fully saturated rings. The summed E-state index contributed by atoms with van der Waals surface area (Å²) >= 11 is 9.60. The summed E-state index contributed by atoms with van der Waals surface area (Å²) in [6, 6.07) is 8.10. The van der Waals surface area contributed by atoms with Crippen LogP contribution in [0.5, 0.6) is 0 Å². The van der Waals surface area contributed by atoms with Crippen molar-refractivity contribution < 1.29 is 0 Å². The molecule has 78 valence electrons. The average Bonchev–Trinajstić information content (AvgIpc) is 2.20. The van der Waals surface area contributed by atoms with Crippen molar-refractivity contribution in [3.63, 3.8) is 0 Å². The van der Waals surface area contributed by atoms with Crippen molar-refractivity contribution in [1.82, 2.24) is 0 Å². The quantitative estimate of drug-likeness (QED) is 0.662. The van der Waals surface area contributed by atoms with Gasteiger partial charge in [-0.1, -0.05) is 66.4 Å². The summed E-state index contributed by atoms with van der Waals surface area (Å²) in [4.78, 5) is 0.453. The first-order chi connectivity index (χ1) is 6.69. The van der Waals surface area contributed by atoms with Gasteiger partial charge < -0.3 is 0 Å². The van der Waals surface area contributed by atoms with Crippen LogP contribution >= 0.6 is 27.5 Å². The highest BCUT2D eigenvalue weighted by Gasteiger charge is 2.16. The topological polar surface area (TPSA) is 0 Å². The Bertz CT molecular complexity index is 264. The molecule has 14 heavy (non-hydrogen) atoms. The summed E-state index contributed by atoms with van der Waals surface area (Å²) in [5, 5.41) is 0.804. The Morgan fingerprint density at radius 1 is 1.14 bits per heavy atom. The molecule has 1 rings (SSSR count). The van der Waals surface area contributed by atoms with Crippen molar-refractivity contribution in [2.75, 3.05) is 0 Å². The van der Waals surface area contributed by atoms with Crippen LogP contribution in [0.4, 0.5) is 0 Å². The molecule has 0 N–H and O–H groups in total. The Hall–Kier alpha value is -0.0100. The first-order valence-corrected chi connectivity index (χ1v) is 6.37. The summed E-state index contributed by atoms with van der Waals surface area (Å²) in [7, 11) is 0. The van der Waals surface area contributed by atoms with E-state index < -0.39 is 0 Å². The van der Waals surface area contributed by atoms with Gasteiger partial charge in [-0.15, -0.1) is 0 Å². The molecule has 0 aliphatic heterocycles. The molecule has 0 bridgehead atoms. The van der Waals surface area contributed by atoms with Crippen LogP contribution in [0.15, 0.2) is 24.3 Å². The zero-order chi connectivity index (χ0) is 10.6. The van der Waals surface area contributed by atoms with Gasteiger partial charge in [-0.3, -0.25) is 0 Å². The second kappa shape index (κ2) is 5.77. The number of hydrogen-bond acceptors (Lipinski definition) is 0. The lowest BCUT2D eigenvalue weighted by Gasteiger charge is -2.19. The second-order valence-electron chi connectivity index (χ2n) is 3.53. The molecule has 1 unspecified atom stereocenters. The number of hydrogen-bond donors (Lipinski definition) is 0. The van der Waals surface area contributed by atoms with Crippen LogP contribution in [-0.2, 0) is 0 Å². The third kappa shape index (κ3) is 2.99. The van der Waals surface area contributed by atoms with Crippen molar-refractivity contribution in [2.45, 2.75) is 31.5 Å². The van der Waals surface area contributed by atoms with E-state index in [1.807, 2.05) is 12.1 Å². The highest BCUT2D eigenvalue weighted by Crippen LogP contribution is 2.35. The molecule has 0 aliphatic carbocycles. The van der Waals surface area contributed by atoms with Crippen LogP contribution in [-0.4, -0.2) is 0 Å². The zero-order valence-electron chi connectivity index (χ0n) is 8.63. The molecule has 1 aromatic carbocycles. The maximum Gasteiger partial charge on any atom is 0.0423 e. The fourth-order valence-electron chi connectivity index (χ4n) is 1.62. The number of rotatable bonds is 4. The highest BCUT2D eigenvalue weighted by molar-refractivity contribution is 9.09. The SMILES string of the molecule is CCC(CC)C(Br)c1ccc(Cl)cc1. The van der Waals surface area contributed by atoms with E-state index in [0.717, 1.165) is 5.02 Å². The summed E-state index contributed by atoms with van der Waals surface area (Å²) in [6.07, 6.45) is 2.41. The minimum Gasteiger partial charge on any atom is -0.0843 e. The molecular formula is C12H16BrCl. The smallest absolute Gasteiger partial charge is 0.0423 e. The molecule has 0 amide bonds. The molecule has 0 radical (unpaired) electrons. The lowest BCUT2D eigenvalue weighted by atomic mass is 9.94. The molecule has 1 aromatic rings. The fraction of sp³-hybridized carbons (Fsp3) is 0.500. The van der Waals surface area contributed by atoms with Crippen LogP contribution in [0.3, 0.4) is 0 Å². The largest absolute Gasteiger partial charge is 0.0843 e. The Morgan fingerprint density at radius 3 is 2.07 bits per heavy atom. The third-order valence-electron chi connectivity index (χ3n) is 2.65. The van der Waals surface area contributed by atoms with Crippen LogP contribution in [0.2, 0.25) is 5.02 Å². The normalized spacial score (nSPS) is 13.2. The summed E-state index contributed by atoms with van der Waals surface area (Å²) in [5.74, 6) is 0.705. The second-order valence-corrected chi connectivity index (χ2v) is 4.95. The molecule has 0 saturated carbocycles. The third-order valence-corrected chi connectivity index (χ3v) is 4.18. The molecule has 0 nitrogen and oxygen atoms in total. The monoisotopic (exact) mass is 274 g/mol. The van der Waals surface area contributed by atoms with E-state index in [1.54, 1.807) is 0 Å². The zero-order valence-corrected chi connectivity index (χ0v) is 11.0. The number of alkyl halides is 1. The summed E-state index contributed by atoms with van der Waals surface area (Å²) in [5.41, 5.74) is 1.32. The molecule has 0 saturated heterocycles. The van der Waals surface area contributed by atoms with E-state index in [4.69, 9.17) is 11.6 Å². The Balaban J connectivity index is 2.77. The van der Waals surface area contributed by atoms with Crippen LogP contribution < -0.4 is 0 Å². The summed E-state index contributed by atoms with van der Waals surface area (Å²) in [6.45, 7) is 4.47. The first-order valence-electron chi connectivity index (χ1n) is 5.08. The van der Waals surface area contributed by atoms with Gasteiger partial charge in [0.15, 0.2) is 0 Å². The lowest BCUT2D eigenvalue weighted by Crippen LogP contribution is -2.05. The van der Waals surface area contributed by atoms with Crippen molar-refractivity contribution in [3.8, 4) is 0 Å². The predicted octanol–water partition coefficient (Wildman–Crippen LogP) is 5.21. The van der Waals surface area contributed by atoms with Crippen LogP contribution in [0, 0.1) is 5.92 Å². The standard InChI is InChI=1S/C12H16BrCl/c1-3-9(4-2)12(13)10-5-7-11(14)8-6-10/h5-9,12H,3-4H2,1-2H3. The van der Waals surface area contributed by atoms with Crippen molar-refractivity contribution in [2.24, 2.45) is 5.92 Å². The van der Waals surface area contributed by atoms with Gasteiger partial charge >= 0.3 is 0 Å². The van der Waals surface area contributed by atoms with E-state index in [1.165, 1.54) is 18.4 Å². The Kier molecular flexibility index (Phi) is 4.97. The van der Waals surface area contributed by atoms with Gasteiger partial charge in [-0.05, 0) is 23.6 Å². The maximum absolute atomic E-state index is 5.85. The maximum atomic E-state index is 5.85. The molecule has 0 aliphatic rings.